The van der Waals surface area contributed by atoms with Gasteiger partial charge in [0.05, 0.1) is 0 Å². The molecule has 3 heteroatoms. The van der Waals surface area contributed by atoms with Gasteiger partial charge < -0.3 is 5.73 Å². The number of benzene rings is 2. The van der Waals surface area contributed by atoms with E-state index in [1.165, 1.54) is 0 Å². The van der Waals surface area contributed by atoms with Crippen molar-refractivity contribution < 1.29 is 4.79 Å². The molecule has 0 unspecified atom stereocenters. The summed E-state index contributed by atoms with van der Waals surface area (Å²) in [6.45, 7) is 1.89. The van der Waals surface area contributed by atoms with Gasteiger partial charge in [0.1, 0.15) is 0 Å². The fraction of sp³-hybridized carbons (Fsp3) is 0.0714. The molecule has 2 N–H and O–H groups in total. The lowest BCUT2D eigenvalue weighted by molar-refractivity contribution is 0.103. The van der Waals surface area contributed by atoms with Crippen LogP contribution >= 0.6 is 15.9 Å². The number of ketones is 1. The second-order valence-electron chi connectivity index (χ2n) is 3.91. The van der Waals surface area contributed by atoms with Crippen LogP contribution in [0.1, 0.15) is 21.5 Å². The van der Waals surface area contributed by atoms with Crippen LogP contribution in [0.25, 0.3) is 0 Å². The van der Waals surface area contributed by atoms with Crippen LogP contribution in [0.15, 0.2) is 46.9 Å². The normalized spacial score (nSPS) is 10.2. The van der Waals surface area contributed by atoms with Gasteiger partial charge in [-0.1, -0.05) is 28.1 Å². The number of carbonyl (C=O) groups excluding carboxylic acids is 1. The molecule has 0 atom stereocenters. The van der Waals surface area contributed by atoms with E-state index in [0.29, 0.717) is 16.8 Å². The van der Waals surface area contributed by atoms with Gasteiger partial charge in [0.25, 0.3) is 0 Å². The molecule has 0 aliphatic carbocycles. The zero-order chi connectivity index (χ0) is 12.4. The molecule has 0 amide bonds. The summed E-state index contributed by atoms with van der Waals surface area (Å²) in [5.41, 5.74) is 8.61. The second kappa shape index (κ2) is 4.72. The van der Waals surface area contributed by atoms with E-state index in [9.17, 15) is 4.79 Å². The maximum atomic E-state index is 12.3. The number of nitrogen functional groups attached to an aromatic ring is 1. The summed E-state index contributed by atoms with van der Waals surface area (Å²) in [5.74, 6) is 0.0174. The molecule has 0 heterocycles. The molecule has 2 rings (SSSR count). The van der Waals surface area contributed by atoms with Gasteiger partial charge in [0.2, 0.25) is 0 Å². The molecule has 0 fully saturated rings. The van der Waals surface area contributed by atoms with Gasteiger partial charge in [-0.05, 0) is 42.8 Å². The van der Waals surface area contributed by atoms with Crippen molar-refractivity contribution in [3.05, 3.63) is 63.6 Å². The van der Waals surface area contributed by atoms with Crippen LogP contribution in [-0.2, 0) is 0 Å². The van der Waals surface area contributed by atoms with E-state index >= 15 is 0 Å². The van der Waals surface area contributed by atoms with E-state index < -0.39 is 0 Å². The van der Waals surface area contributed by atoms with Crippen LogP contribution in [0.4, 0.5) is 5.69 Å². The van der Waals surface area contributed by atoms with E-state index in [4.69, 9.17) is 5.73 Å². The van der Waals surface area contributed by atoms with Crippen LogP contribution in [0.2, 0.25) is 0 Å². The standard InChI is InChI=1S/C14H12BrNO/c1-9-7-12(16)5-6-13(9)14(17)10-3-2-4-11(15)8-10/h2-8H,16H2,1H3. The smallest absolute Gasteiger partial charge is 0.193 e. The van der Waals surface area contributed by atoms with Crippen LogP contribution in [0.3, 0.4) is 0 Å². The maximum Gasteiger partial charge on any atom is 0.193 e. The highest BCUT2D eigenvalue weighted by Crippen LogP contribution is 2.19. The zero-order valence-electron chi connectivity index (χ0n) is 9.41. The number of aryl methyl sites for hydroxylation is 1. The van der Waals surface area contributed by atoms with Crippen molar-refractivity contribution in [1.82, 2.24) is 0 Å². The lowest BCUT2D eigenvalue weighted by Gasteiger charge is -2.06. The maximum absolute atomic E-state index is 12.3. The number of rotatable bonds is 2. The van der Waals surface area contributed by atoms with E-state index in [1.54, 1.807) is 12.1 Å². The van der Waals surface area contributed by atoms with E-state index in [2.05, 4.69) is 15.9 Å². The average Bonchev–Trinajstić information content (AvgIpc) is 2.28. The first-order valence-electron chi connectivity index (χ1n) is 5.24. The van der Waals surface area contributed by atoms with Crippen LogP contribution in [0, 0.1) is 6.92 Å². The number of hydrogen-bond donors (Lipinski definition) is 1. The Morgan fingerprint density at radius 2 is 1.94 bits per heavy atom. The van der Waals surface area contributed by atoms with Crippen molar-refractivity contribution in [1.29, 1.82) is 0 Å². The number of carbonyl (C=O) groups is 1. The Balaban J connectivity index is 2.44. The molecule has 0 aromatic heterocycles. The van der Waals surface area contributed by atoms with Gasteiger partial charge in [0.15, 0.2) is 5.78 Å². The van der Waals surface area contributed by atoms with Crippen molar-refractivity contribution >= 4 is 27.4 Å². The molecular formula is C14H12BrNO. The number of nitrogens with two attached hydrogens (primary N) is 1. The Hall–Kier alpha value is -1.61. The average molecular weight is 290 g/mol. The third-order valence-electron chi connectivity index (χ3n) is 2.58. The molecule has 0 aliphatic rings. The Morgan fingerprint density at radius 3 is 2.59 bits per heavy atom. The Kier molecular flexibility index (Phi) is 3.29. The van der Waals surface area contributed by atoms with Gasteiger partial charge >= 0.3 is 0 Å². The first-order chi connectivity index (χ1) is 8.08. The first kappa shape index (κ1) is 11.9. The van der Waals surface area contributed by atoms with Gasteiger partial charge in [0, 0.05) is 21.3 Å². The summed E-state index contributed by atoms with van der Waals surface area (Å²) >= 11 is 3.36. The Morgan fingerprint density at radius 1 is 1.18 bits per heavy atom. The number of halogens is 1. The summed E-state index contributed by atoms with van der Waals surface area (Å²) in [6.07, 6.45) is 0. The monoisotopic (exact) mass is 289 g/mol. The van der Waals surface area contributed by atoms with Gasteiger partial charge in [-0.25, -0.2) is 0 Å². The number of anilines is 1. The molecule has 0 spiro atoms. The summed E-state index contributed by atoms with van der Waals surface area (Å²) < 4.78 is 0.899. The van der Waals surface area contributed by atoms with Crippen molar-refractivity contribution in [3.63, 3.8) is 0 Å². The van der Waals surface area contributed by atoms with Gasteiger partial charge in [-0.15, -0.1) is 0 Å². The second-order valence-corrected chi connectivity index (χ2v) is 4.83. The van der Waals surface area contributed by atoms with Crippen molar-refractivity contribution in [2.24, 2.45) is 0 Å². The molecule has 2 aromatic carbocycles. The predicted molar refractivity (Wildman–Crippen MR) is 73.2 cm³/mol. The Labute approximate surface area is 109 Å². The predicted octanol–water partition coefficient (Wildman–Crippen LogP) is 3.57. The molecule has 0 saturated heterocycles. The van der Waals surface area contributed by atoms with Crippen LogP contribution in [-0.4, -0.2) is 5.78 Å². The topological polar surface area (TPSA) is 43.1 Å². The third kappa shape index (κ3) is 2.56. The van der Waals surface area contributed by atoms with E-state index in [0.717, 1.165) is 10.0 Å². The minimum atomic E-state index is 0.0174. The van der Waals surface area contributed by atoms with Crippen LogP contribution in [0.5, 0.6) is 0 Å². The highest BCUT2D eigenvalue weighted by atomic mass is 79.9. The fourth-order valence-electron chi connectivity index (χ4n) is 1.73. The van der Waals surface area contributed by atoms with E-state index in [1.807, 2.05) is 37.3 Å². The van der Waals surface area contributed by atoms with Crippen LogP contribution < -0.4 is 5.73 Å². The van der Waals surface area contributed by atoms with Crippen molar-refractivity contribution in [3.8, 4) is 0 Å². The minimum Gasteiger partial charge on any atom is -0.399 e. The first-order valence-corrected chi connectivity index (χ1v) is 6.03. The van der Waals surface area contributed by atoms with Gasteiger partial charge in [-0.2, -0.15) is 0 Å². The summed E-state index contributed by atoms with van der Waals surface area (Å²) in [4.78, 5) is 12.3. The molecule has 2 aromatic rings. The molecule has 86 valence electrons. The molecule has 0 radical (unpaired) electrons. The lowest BCUT2D eigenvalue weighted by Crippen LogP contribution is -2.04. The van der Waals surface area contributed by atoms with E-state index in [-0.39, 0.29) is 5.78 Å². The highest BCUT2D eigenvalue weighted by Gasteiger charge is 2.11. The lowest BCUT2D eigenvalue weighted by atomic mass is 9.99. The summed E-state index contributed by atoms with van der Waals surface area (Å²) in [7, 11) is 0. The van der Waals surface area contributed by atoms with Gasteiger partial charge in [-0.3, -0.25) is 4.79 Å². The third-order valence-corrected chi connectivity index (χ3v) is 3.08. The number of hydrogen-bond acceptors (Lipinski definition) is 2. The molecule has 0 aliphatic heterocycles. The zero-order valence-corrected chi connectivity index (χ0v) is 11.0. The molecule has 0 saturated carbocycles. The largest absolute Gasteiger partial charge is 0.399 e. The molecule has 2 nitrogen and oxygen atoms in total. The fourth-order valence-corrected chi connectivity index (χ4v) is 2.13. The van der Waals surface area contributed by atoms with Crippen molar-refractivity contribution in [2.45, 2.75) is 6.92 Å². The minimum absolute atomic E-state index is 0.0174. The molecule has 17 heavy (non-hydrogen) atoms. The highest BCUT2D eigenvalue weighted by molar-refractivity contribution is 9.10. The SMILES string of the molecule is Cc1cc(N)ccc1C(=O)c1cccc(Br)c1. The Bertz CT molecular complexity index is 578. The quantitative estimate of drug-likeness (QED) is 0.678. The van der Waals surface area contributed by atoms with Crippen molar-refractivity contribution in [2.75, 3.05) is 5.73 Å². The molecule has 0 bridgehead atoms. The summed E-state index contributed by atoms with van der Waals surface area (Å²) in [5, 5.41) is 0. The summed E-state index contributed by atoms with van der Waals surface area (Å²) in [6, 6.07) is 12.7. The molecular weight excluding hydrogens is 278 g/mol.